The number of amides is 1. The number of hydrogen-bond acceptors (Lipinski definition) is 2. The van der Waals surface area contributed by atoms with Crippen molar-refractivity contribution in [2.75, 3.05) is 0 Å². The zero-order chi connectivity index (χ0) is 16.6. The minimum Gasteiger partial charge on any atom is -0.333 e. The maximum Gasteiger partial charge on any atom is 0.240 e. The lowest BCUT2D eigenvalue weighted by Gasteiger charge is -2.20. The Morgan fingerprint density at radius 2 is 1.78 bits per heavy atom. The number of halogens is 3. The van der Waals surface area contributed by atoms with Crippen LogP contribution in [-0.2, 0) is 24.3 Å². The third-order valence-corrected chi connectivity index (χ3v) is 4.64. The summed E-state index contributed by atoms with van der Waals surface area (Å²) in [6, 6.07) is 9.68. The van der Waals surface area contributed by atoms with E-state index in [9.17, 15) is 9.18 Å². The van der Waals surface area contributed by atoms with Gasteiger partial charge in [-0.05, 0) is 35.2 Å². The van der Waals surface area contributed by atoms with Crippen molar-refractivity contribution in [1.82, 2.24) is 4.90 Å². The van der Waals surface area contributed by atoms with Gasteiger partial charge in [0.25, 0.3) is 0 Å². The Balaban J connectivity index is 1.71. The van der Waals surface area contributed by atoms with Gasteiger partial charge < -0.3 is 10.6 Å². The molecule has 0 saturated heterocycles. The molecule has 3 nitrogen and oxygen atoms in total. The van der Waals surface area contributed by atoms with Crippen molar-refractivity contribution < 1.29 is 9.18 Å². The van der Waals surface area contributed by atoms with Gasteiger partial charge in [0, 0.05) is 18.1 Å². The van der Waals surface area contributed by atoms with Crippen molar-refractivity contribution in [3.8, 4) is 0 Å². The fraction of sp³-hybridized carbons (Fsp3) is 0.235. The Morgan fingerprint density at radius 1 is 1.17 bits per heavy atom. The third kappa shape index (κ3) is 3.34. The highest BCUT2D eigenvalue weighted by molar-refractivity contribution is 6.35. The van der Waals surface area contributed by atoms with Gasteiger partial charge in [0.15, 0.2) is 0 Å². The monoisotopic (exact) mass is 352 g/mol. The SMILES string of the molecule is NC(Cc1cc(F)c(Cl)cc1Cl)C(=O)N1Cc2ccccc2C1. The van der Waals surface area contributed by atoms with Crippen LogP contribution in [-0.4, -0.2) is 16.8 Å². The van der Waals surface area contributed by atoms with Crippen LogP contribution < -0.4 is 5.73 Å². The molecule has 23 heavy (non-hydrogen) atoms. The summed E-state index contributed by atoms with van der Waals surface area (Å²) in [5.74, 6) is -0.744. The molecule has 0 saturated carbocycles. The van der Waals surface area contributed by atoms with E-state index in [0.717, 1.165) is 11.1 Å². The molecule has 3 rings (SSSR count). The summed E-state index contributed by atoms with van der Waals surface area (Å²) >= 11 is 11.7. The van der Waals surface area contributed by atoms with Crippen LogP contribution >= 0.6 is 23.2 Å². The molecule has 0 spiro atoms. The molecular formula is C17H15Cl2FN2O. The van der Waals surface area contributed by atoms with E-state index in [4.69, 9.17) is 28.9 Å². The van der Waals surface area contributed by atoms with Gasteiger partial charge in [-0.3, -0.25) is 4.79 Å². The van der Waals surface area contributed by atoms with Gasteiger partial charge >= 0.3 is 0 Å². The molecule has 0 aromatic heterocycles. The standard InChI is InChI=1S/C17H15Cl2FN2O/c18-13-7-14(19)15(20)5-12(13)6-16(21)17(23)22-8-10-3-1-2-4-11(10)9-22/h1-5,7,16H,6,8-9,21H2. The van der Waals surface area contributed by atoms with Crippen LogP contribution in [0.4, 0.5) is 4.39 Å². The second-order valence-electron chi connectivity index (χ2n) is 5.63. The molecule has 120 valence electrons. The van der Waals surface area contributed by atoms with Crippen LogP contribution in [0, 0.1) is 5.82 Å². The highest BCUT2D eigenvalue weighted by Crippen LogP contribution is 2.26. The van der Waals surface area contributed by atoms with Gasteiger partial charge in [0.05, 0.1) is 11.1 Å². The summed E-state index contributed by atoms with van der Waals surface area (Å²) in [5, 5.41) is 0.262. The molecule has 0 aliphatic carbocycles. The third-order valence-electron chi connectivity index (χ3n) is 4.00. The molecule has 2 N–H and O–H groups in total. The van der Waals surface area contributed by atoms with E-state index in [1.165, 1.54) is 12.1 Å². The van der Waals surface area contributed by atoms with Gasteiger partial charge in [-0.25, -0.2) is 4.39 Å². The summed E-state index contributed by atoms with van der Waals surface area (Å²) < 4.78 is 13.6. The summed E-state index contributed by atoms with van der Waals surface area (Å²) in [5.41, 5.74) is 8.75. The predicted octanol–water partition coefficient (Wildman–Crippen LogP) is 3.54. The lowest BCUT2D eigenvalue weighted by atomic mass is 10.1. The number of hydrogen-bond donors (Lipinski definition) is 1. The van der Waals surface area contributed by atoms with Crippen LogP contribution in [0.25, 0.3) is 0 Å². The highest BCUT2D eigenvalue weighted by Gasteiger charge is 2.27. The molecule has 1 aliphatic rings. The number of nitrogens with zero attached hydrogens (tertiary/aromatic N) is 1. The molecule has 2 aromatic rings. The van der Waals surface area contributed by atoms with Crippen molar-refractivity contribution in [2.24, 2.45) is 5.73 Å². The van der Waals surface area contributed by atoms with E-state index in [0.29, 0.717) is 23.7 Å². The first-order chi connectivity index (χ1) is 11.0. The Morgan fingerprint density at radius 3 is 2.39 bits per heavy atom. The first-order valence-electron chi connectivity index (χ1n) is 7.20. The van der Waals surface area contributed by atoms with Crippen LogP contribution in [0.5, 0.6) is 0 Å². The maximum absolute atomic E-state index is 13.6. The smallest absolute Gasteiger partial charge is 0.240 e. The van der Waals surface area contributed by atoms with Gasteiger partial charge in [-0.15, -0.1) is 0 Å². The van der Waals surface area contributed by atoms with Gasteiger partial charge in [0.1, 0.15) is 5.82 Å². The minimum absolute atomic E-state index is 0.0476. The maximum atomic E-state index is 13.6. The molecule has 0 fully saturated rings. The van der Waals surface area contributed by atoms with Gasteiger partial charge in [-0.1, -0.05) is 47.5 Å². The second kappa shape index (κ2) is 6.48. The van der Waals surface area contributed by atoms with E-state index < -0.39 is 11.9 Å². The second-order valence-corrected chi connectivity index (χ2v) is 6.45. The summed E-state index contributed by atoms with van der Waals surface area (Å²) in [6.07, 6.45) is 0.165. The topological polar surface area (TPSA) is 46.3 Å². The average molecular weight is 353 g/mol. The molecule has 1 unspecified atom stereocenters. The van der Waals surface area contributed by atoms with Gasteiger partial charge in [0.2, 0.25) is 5.91 Å². The van der Waals surface area contributed by atoms with Crippen molar-refractivity contribution in [1.29, 1.82) is 0 Å². The fourth-order valence-electron chi connectivity index (χ4n) is 2.77. The number of carbonyl (C=O) groups excluding carboxylic acids is 1. The quantitative estimate of drug-likeness (QED) is 0.858. The van der Waals surface area contributed by atoms with Crippen molar-refractivity contribution in [2.45, 2.75) is 25.6 Å². The molecular weight excluding hydrogens is 338 g/mol. The van der Waals surface area contributed by atoms with Crippen molar-refractivity contribution in [3.05, 3.63) is 69.0 Å². The molecule has 6 heteroatoms. The number of benzene rings is 2. The minimum atomic E-state index is -0.776. The Labute approximate surface area is 143 Å². The largest absolute Gasteiger partial charge is 0.333 e. The van der Waals surface area contributed by atoms with Crippen LogP contribution in [0.1, 0.15) is 16.7 Å². The molecule has 1 atom stereocenters. The number of carbonyl (C=O) groups is 1. The van der Waals surface area contributed by atoms with Gasteiger partial charge in [-0.2, -0.15) is 0 Å². The summed E-state index contributed by atoms with van der Waals surface area (Å²) in [4.78, 5) is 14.2. The van der Waals surface area contributed by atoms with Crippen molar-refractivity contribution >= 4 is 29.1 Å². The molecule has 0 bridgehead atoms. The Hall–Kier alpha value is -1.62. The Kier molecular flexibility index (Phi) is 4.57. The molecule has 0 radical (unpaired) electrons. The molecule has 1 amide bonds. The molecule has 1 aliphatic heterocycles. The summed E-state index contributed by atoms with van der Waals surface area (Å²) in [6.45, 7) is 1.09. The molecule has 2 aromatic carbocycles. The predicted molar refractivity (Wildman–Crippen MR) is 88.8 cm³/mol. The first kappa shape index (κ1) is 16.2. The normalized spacial score (nSPS) is 14.7. The summed E-state index contributed by atoms with van der Waals surface area (Å²) in [7, 11) is 0. The zero-order valence-electron chi connectivity index (χ0n) is 12.2. The number of fused-ring (bicyclic) bond motifs is 1. The van der Waals surface area contributed by atoms with E-state index in [-0.39, 0.29) is 17.4 Å². The van der Waals surface area contributed by atoms with E-state index in [1.807, 2.05) is 24.3 Å². The lowest BCUT2D eigenvalue weighted by molar-refractivity contribution is -0.133. The Bertz CT molecular complexity index is 741. The average Bonchev–Trinajstić information content (AvgIpc) is 2.95. The number of nitrogens with two attached hydrogens (primary N) is 1. The van der Waals surface area contributed by atoms with Crippen molar-refractivity contribution in [3.63, 3.8) is 0 Å². The van der Waals surface area contributed by atoms with E-state index in [2.05, 4.69) is 0 Å². The van der Waals surface area contributed by atoms with E-state index >= 15 is 0 Å². The first-order valence-corrected chi connectivity index (χ1v) is 7.96. The molecule has 1 heterocycles. The van der Waals surface area contributed by atoms with E-state index in [1.54, 1.807) is 4.90 Å². The van der Waals surface area contributed by atoms with Crippen LogP contribution in [0.15, 0.2) is 36.4 Å². The lowest BCUT2D eigenvalue weighted by Crippen LogP contribution is -2.42. The highest BCUT2D eigenvalue weighted by atomic mass is 35.5. The zero-order valence-corrected chi connectivity index (χ0v) is 13.7. The van der Waals surface area contributed by atoms with Crippen LogP contribution in [0.2, 0.25) is 10.0 Å². The number of rotatable bonds is 3. The van der Waals surface area contributed by atoms with Crippen LogP contribution in [0.3, 0.4) is 0 Å². The fourth-order valence-corrected chi connectivity index (χ4v) is 3.23.